The summed E-state index contributed by atoms with van der Waals surface area (Å²) in [5, 5.41) is 6.80. The fraction of sp³-hybridized carbons (Fsp3) is 0.207. The number of benzene rings is 3. The maximum Gasteiger partial charge on any atom is 0.573 e. The van der Waals surface area contributed by atoms with Crippen molar-refractivity contribution >= 4 is 40.2 Å². The smallest absolute Gasteiger partial charge is 0.406 e. The topological polar surface area (TPSA) is 111 Å². The Bertz CT molecular complexity index is 1730. The van der Waals surface area contributed by atoms with Crippen LogP contribution in [-0.4, -0.2) is 50.6 Å². The number of carbonyl (C=O) groups is 2. The minimum absolute atomic E-state index is 0.0856. The highest BCUT2D eigenvalue weighted by molar-refractivity contribution is 8.15. The first kappa shape index (κ1) is 30.7. The number of aromatic nitrogens is 3. The highest BCUT2D eigenvalue weighted by atomic mass is 32.2. The van der Waals surface area contributed by atoms with Crippen molar-refractivity contribution in [2.24, 2.45) is 4.99 Å². The Hall–Kier alpha value is -4.76. The molecule has 44 heavy (non-hydrogen) atoms. The molecule has 15 heteroatoms. The number of alkyl halides is 3. The number of amidine groups is 1. The number of nitrogens with zero attached hydrogens (tertiary/aromatic N) is 5. The fourth-order valence-corrected chi connectivity index (χ4v) is 5.06. The summed E-state index contributed by atoms with van der Waals surface area (Å²) in [5.41, 5.74) is 2.75. The van der Waals surface area contributed by atoms with E-state index in [2.05, 4.69) is 25.1 Å². The van der Waals surface area contributed by atoms with Gasteiger partial charge in [0.1, 0.15) is 17.9 Å². The molecule has 1 N–H and O–H groups in total. The molecule has 0 spiro atoms. The van der Waals surface area contributed by atoms with Gasteiger partial charge in [0.05, 0.1) is 29.4 Å². The largest absolute Gasteiger partial charge is 0.573 e. The van der Waals surface area contributed by atoms with Crippen LogP contribution in [0, 0.1) is 12.7 Å². The second kappa shape index (κ2) is 12.9. The number of aliphatic imine (C=N–C) groups is 1. The van der Waals surface area contributed by atoms with Crippen LogP contribution in [0.15, 0.2) is 72.0 Å². The van der Waals surface area contributed by atoms with Crippen LogP contribution in [0.1, 0.15) is 18.1 Å². The summed E-state index contributed by atoms with van der Waals surface area (Å²) in [7, 11) is 0. The zero-order valence-electron chi connectivity index (χ0n) is 23.3. The summed E-state index contributed by atoms with van der Waals surface area (Å²) in [6.07, 6.45) is -3.49. The molecule has 1 fully saturated rings. The van der Waals surface area contributed by atoms with E-state index >= 15 is 4.39 Å². The maximum absolute atomic E-state index is 15.0. The van der Waals surface area contributed by atoms with Crippen molar-refractivity contribution in [3.63, 3.8) is 0 Å². The van der Waals surface area contributed by atoms with Crippen LogP contribution in [0.3, 0.4) is 0 Å². The Kier molecular flexibility index (Phi) is 8.96. The molecule has 0 radical (unpaired) electrons. The molecule has 3 aromatic carbocycles. The van der Waals surface area contributed by atoms with Gasteiger partial charge in [-0.2, -0.15) is 4.99 Å². The number of ether oxygens (including phenoxy) is 2. The Labute approximate surface area is 252 Å². The van der Waals surface area contributed by atoms with Crippen molar-refractivity contribution in [3.05, 3.63) is 83.9 Å². The molecule has 228 valence electrons. The van der Waals surface area contributed by atoms with Crippen molar-refractivity contribution in [2.75, 3.05) is 22.6 Å². The summed E-state index contributed by atoms with van der Waals surface area (Å²) in [5.74, 6) is -1.21. The van der Waals surface area contributed by atoms with Crippen molar-refractivity contribution in [1.29, 1.82) is 0 Å². The number of thioether (sulfide) groups is 1. The van der Waals surface area contributed by atoms with Crippen LogP contribution in [0.2, 0.25) is 0 Å². The van der Waals surface area contributed by atoms with Crippen molar-refractivity contribution in [1.82, 2.24) is 14.8 Å². The van der Waals surface area contributed by atoms with Crippen LogP contribution >= 0.6 is 11.8 Å². The van der Waals surface area contributed by atoms with E-state index in [1.807, 2.05) is 32.0 Å². The molecular weight excluding hydrogens is 604 g/mol. The monoisotopic (exact) mass is 628 g/mol. The molecule has 1 aliphatic rings. The first-order chi connectivity index (χ1) is 21.0. The first-order valence-electron chi connectivity index (χ1n) is 13.1. The van der Waals surface area contributed by atoms with Gasteiger partial charge < -0.3 is 14.8 Å². The van der Waals surface area contributed by atoms with Gasteiger partial charge in [-0.1, -0.05) is 23.9 Å². The van der Waals surface area contributed by atoms with E-state index in [4.69, 9.17) is 4.74 Å². The number of aryl methyl sites for hydroxylation is 1. The molecule has 0 atom stereocenters. The second-order valence-electron chi connectivity index (χ2n) is 9.36. The average molecular weight is 629 g/mol. The standard InChI is InChI=1S/C29H24F4N6O4S/c1-3-42-14-19-5-4-17(2)12-24(19)39-25(40)15-44-28(39)36-27(41)35-23-11-6-18(13-22(23)30)26-34-16-38(37-26)20-7-9-21(10-8-20)43-29(31,32)33/h4-13,16H,3,14-15H2,1-2H3,(H,35,41). The molecule has 1 aliphatic heterocycles. The summed E-state index contributed by atoms with van der Waals surface area (Å²) in [4.78, 5) is 35.1. The molecule has 3 amide bonds. The zero-order valence-corrected chi connectivity index (χ0v) is 24.1. The number of amides is 3. The SMILES string of the molecule is CCOCc1ccc(C)cc1N1C(=O)CSC1=NC(=O)Nc1ccc(-c2ncn(-c3ccc(OC(F)(F)F)cc3)n2)cc1F. The number of hydrogen-bond acceptors (Lipinski definition) is 7. The lowest BCUT2D eigenvalue weighted by Crippen LogP contribution is -2.31. The van der Waals surface area contributed by atoms with Crippen LogP contribution < -0.4 is 15.0 Å². The van der Waals surface area contributed by atoms with Gasteiger partial charge in [0.25, 0.3) is 0 Å². The molecule has 0 unspecified atom stereocenters. The molecule has 0 bridgehead atoms. The predicted octanol–water partition coefficient (Wildman–Crippen LogP) is 6.48. The molecule has 2 heterocycles. The average Bonchev–Trinajstić information content (AvgIpc) is 3.60. The number of carbonyl (C=O) groups excluding carboxylic acids is 2. The van der Waals surface area contributed by atoms with Crippen LogP contribution in [0.4, 0.5) is 33.7 Å². The normalized spacial score (nSPS) is 14.4. The molecule has 1 saturated heterocycles. The van der Waals surface area contributed by atoms with Crippen molar-refractivity contribution < 1.29 is 36.6 Å². The summed E-state index contributed by atoms with van der Waals surface area (Å²) in [6.45, 7) is 4.50. The van der Waals surface area contributed by atoms with Crippen LogP contribution in [-0.2, 0) is 16.1 Å². The Morgan fingerprint density at radius 1 is 1.11 bits per heavy atom. The van der Waals surface area contributed by atoms with E-state index in [-0.39, 0.29) is 40.5 Å². The number of halogens is 4. The summed E-state index contributed by atoms with van der Waals surface area (Å²) in [6, 6.07) is 13.6. The van der Waals surface area contributed by atoms with Gasteiger partial charge in [-0.3, -0.25) is 9.69 Å². The van der Waals surface area contributed by atoms with Gasteiger partial charge in [0.15, 0.2) is 11.0 Å². The second-order valence-corrected chi connectivity index (χ2v) is 10.3. The first-order valence-corrected chi connectivity index (χ1v) is 14.1. The van der Waals surface area contributed by atoms with Gasteiger partial charge in [0.2, 0.25) is 5.91 Å². The molecule has 5 rings (SSSR count). The fourth-order valence-electron chi connectivity index (χ4n) is 4.20. The van der Waals surface area contributed by atoms with E-state index in [1.54, 1.807) is 0 Å². The molecule has 1 aromatic heterocycles. The van der Waals surface area contributed by atoms with Gasteiger partial charge in [-0.25, -0.2) is 18.9 Å². The summed E-state index contributed by atoms with van der Waals surface area (Å²) < 4.78 is 62.9. The highest BCUT2D eigenvalue weighted by Gasteiger charge is 2.32. The van der Waals surface area contributed by atoms with E-state index in [0.717, 1.165) is 41.1 Å². The van der Waals surface area contributed by atoms with E-state index in [0.29, 0.717) is 18.0 Å². The van der Waals surface area contributed by atoms with E-state index in [1.165, 1.54) is 40.2 Å². The van der Waals surface area contributed by atoms with Gasteiger partial charge >= 0.3 is 12.4 Å². The van der Waals surface area contributed by atoms with E-state index in [9.17, 15) is 22.8 Å². The lowest BCUT2D eigenvalue weighted by atomic mass is 10.1. The zero-order chi connectivity index (χ0) is 31.4. The van der Waals surface area contributed by atoms with Gasteiger partial charge in [0, 0.05) is 17.7 Å². The third-order valence-electron chi connectivity index (χ3n) is 6.20. The number of anilines is 2. The lowest BCUT2D eigenvalue weighted by Gasteiger charge is -2.20. The third-order valence-corrected chi connectivity index (χ3v) is 7.12. The molecule has 10 nitrogen and oxygen atoms in total. The summed E-state index contributed by atoms with van der Waals surface area (Å²) >= 11 is 1.09. The van der Waals surface area contributed by atoms with Gasteiger partial charge in [-0.15, -0.1) is 18.3 Å². The minimum atomic E-state index is -4.81. The van der Waals surface area contributed by atoms with Crippen molar-refractivity contribution in [2.45, 2.75) is 26.8 Å². The number of nitrogens with one attached hydrogen (secondary N) is 1. The number of hydrogen-bond donors (Lipinski definition) is 1. The lowest BCUT2D eigenvalue weighted by molar-refractivity contribution is -0.274. The minimum Gasteiger partial charge on any atom is -0.406 e. The van der Waals surface area contributed by atoms with E-state index < -0.39 is 24.0 Å². The highest BCUT2D eigenvalue weighted by Crippen LogP contribution is 2.32. The maximum atomic E-state index is 15.0. The van der Waals surface area contributed by atoms with Gasteiger partial charge in [-0.05, 0) is 67.9 Å². The molecular formula is C29H24F4N6O4S. The predicted molar refractivity (Wildman–Crippen MR) is 156 cm³/mol. The third kappa shape index (κ3) is 7.23. The Morgan fingerprint density at radius 2 is 1.89 bits per heavy atom. The number of rotatable bonds is 8. The van der Waals surface area contributed by atoms with Crippen LogP contribution in [0.25, 0.3) is 17.1 Å². The molecule has 0 aliphatic carbocycles. The number of urea groups is 1. The van der Waals surface area contributed by atoms with Crippen molar-refractivity contribution in [3.8, 4) is 22.8 Å². The molecule has 4 aromatic rings. The Balaban J connectivity index is 1.30. The molecule has 0 saturated carbocycles. The quantitative estimate of drug-likeness (QED) is 0.222. The van der Waals surface area contributed by atoms with Crippen LogP contribution in [0.5, 0.6) is 5.75 Å². The Morgan fingerprint density at radius 3 is 2.59 bits per heavy atom.